The lowest BCUT2D eigenvalue weighted by Gasteiger charge is -2.08. The van der Waals surface area contributed by atoms with Crippen molar-refractivity contribution >= 4 is 22.6 Å². The molecule has 1 aromatic rings. The standard InChI is InChI=1S/C9H8INO2/c1-12-8-3-6(5-11)7(10)4-9(8)13-2/h3-4H,1-2H3. The molecule has 1 rings (SSSR count). The molecule has 0 unspecified atom stereocenters. The molecule has 0 saturated heterocycles. The van der Waals surface area contributed by atoms with Crippen LogP contribution in [0.4, 0.5) is 0 Å². The van der Waals surface area contributed by atoms with Crippen LogP contribution in [-0.4, -0.2) is 14.2 Å². The molecule has 0 N–H and O–H groups in total. The van der Waals surface area contributed by atoms with Gasteiger partial charge in [-0.1, -0.05) is 0 Å². The van der Waals surface area contributed by atoms with Crippen LogP contribution in [0, 0.1) is 14.9 Å². The van der Waals surface area contributed by atoms with Crippen LogP contribution in [0.1, 0.15) is 5.56 Å². The maximum absolute atomic E-state index is 8.75. The Bertz CT molecular complexity index is 357. The third-order valence-corrected chi connectivity index (χ3v) is 2.49. The Labute approximate surface area is 90.4 Å². The van der Waals surface area contributed by atoms with Crippen molar-refractivity contribution in [3.63, 3.8) is 0 Å². The fourth-order valence-corrected chi connectivity index (χ4v) is 1.50. The molecular formula is C9H8INO2. The first-order chi connectivity index (χ1) is 6.22. The number of methoxy groups -OCH3 is 2. The minimum Gasteiger partial charge on any atom is -0.493 e. The van der Waals surface area contributed by atoms with E-state index in [0.717, 1.165) is 3.57 Å². The molecule has 0 aliphatic carbocycles. The first-order valence-electron chi connectivity index (χ1n) is 3.54. The van der Waals surface area contributed by atoms with Crippen LogP contribution in [0.15, 0.2) is 12.1 Å². The van der Waals surface area contributed by atoms with Gasteiger partial charge in [-0.15, -0.1) is 0 Å². The lowest BCUT2D eigenvalue weighted by Crippen LogP contribution is -1.93. The van der Waals surface area contributed by atoms with Gasteiger partial charge < -0.3 is 9.47 Å². The minimum absolute atomic E-state index is 0.583. The summed E-state index contributed by atoms with van der Waals surface area (Å²) >= 11 is 2.08. The smallest absolute Gasteiger partial charge is 0.162 e. The van der Waals surface area contributed by atoms with Gasteiger partial charge in [0.25, 0.3) is 0 Å². The Morgan fingerprint density at radius 3 is 2.23 bits per heavy atom. The van der Waals surface area contributed by atoms with Crippen LogP contribution in [-0.2, 0) is 0 Å². The van der Waals surface area contributed by atoms with Crippen molar-refractivity contribution in [3.05, 3.63) is 21.3 Å². The maximum atomic E-state index is 8.75. The molecule has 0 spiro atoms. The first kappa shape index (κ1) is 10.1. The molecule has 0 amide bonds. The van der Waals surface area contributed by atoms with Crippen LogP contribution in [0.2, 0.25) is 0 Å². The molecule has 3 nitrogen and oxygen atoms in total. The van der Waals surface area contributed by atoms with Crippen molar-refractivity contribution in [2.75, 3.05) is 14.2 Å². The second-order valence-corrected chi connectivity index (χ2v) is 3.46. The Kier molecular flexibility index (Phi) is 3.37. The third kappa shape index (κ3) is 2.04. The Morgan fingerprint density at radius 1 is 1.23 bits per heavy atom. The molecule has 0 radical (unpaired) electrons. The highest BCUT2D eigenvalue weighted by molar-refractivity contribution is 14.1. The number of nitrogens with zero attached hydrogens (tertiary/aromatic N) is 1. The molecule has 4 heteroatoms. The van der Waals surface area contributed by atoms with E-state index in [-0.39, 0.29) is 0 Å². The predicted molar refractivity (Wildman–Crippen MR) is 57.0 cm³/mol. The molecule has 0 aliphatic heterocycles. The van der Waals surface area contributed by atoms with E-state index < -0.39 is 0 Å². The van der Waals surface area contributed by atoms with Gasteiger partial charge in [0.15, 0.2) is 11.5 Å². The van der Waals surface area contributed by atoms with Gasteiger partial charge in [0, 0.05) is 9.64 Å². The van der Waals surface area contributed by atoms with Gasteiger partial charge in [0.2, 0.25) is 0 Å². The minimum atomic E-state index is 0.583. The fraction of sp³-hybridized carbons (Fsp3) is 0.222. The van der Waals surface area contributed by atoms with Crippen LogP contribution in [0.3, 0.4) is 0 Å². The van der Waals surface area contributed by atoms with Gasteiger partial charge in [0.05, 0.1) is 19.8 Å². The van der Waals surface area contributed by atoms with E-state index in [9.17, 15) is 0 Å². The van der Waals surface area contributed by atoms with E-state index in [0.29, 0.717) is 17.1 Å². The molecule has 0 aromatic heterocycles. The third-order valence-electron chi connectivity index (χ3n) is 1.59. The number of halogens is 1. The summed E-state index contributed by atoms with van der Waals surface area (Å²) in [7, 11) is 3.12. The zero-order valence-corrected chi connectivity index (χ0v) is 9.45. The van der Waals surface area contributed by atoms with Gasteiger partial charge in [-0.05, 0) is 28.7 Å². The van der Waals surface area contributed by atoms with Gasteiger partial charge in [-0.25, -0.2) is 0 Å². The molecule has 0 heterocycles. The van der Waals surface area contributed by atoms with Crippen molar-refractivity contribution in [1.82, 2.24) is 0 Å². The van der Waals surface area contributed by atoms with Gasteiger partial charge in [-0.2, -0.15) is 5.26 Å². The molecule has 0 atom stereocenters. The zero-order chi connectivity index (χ0) is 9.84. The lowest BCUT2D eigenvalue weighted by atomic mass is 10.2. The van der Waals surface area contributed by atoms with Crippen molar-refractivity contribution in [3.8, 4) is 17.6 Å². The summed E-state index contributed by atoms with van der Waals surface area (Å²) in [6.07, 6.45) is 0. The van der Waals surface area contributed by atoms with Crippen LogP contribution < -0.4 is 9.47 Å². The summed E-state index contributed by atoms with van der Waals surface area (Å²) in [5.41, 5.74) is 0.596. The summed E-state index contributed by atoms with van der Waals surface area (Å²) in [6.45, 7) is 0. The average Bonchev–Trinajstić information content (AvgIpc) is 2.17. The molecule has 13 heavy (non-hydrogen) atoms. The first-order valence-corrected chi connectivity index (χ1v) is 4.62. The van der Waals surface area contributed by atoms with E-state index in [1.165, 1.54) is 0 Å². The number of nitriles is 1. The molecule has 0 bridgehead atoms. The monoisotopic (exact) mass is 289 g/mol. The molecule has 0 saturated carbocycles. The SMILES string of the molecule is COc1cc(I)c(C#N)cc1OC. The highest BCUT2D eigenvalue weighted by atomic mass is 127. The van der Waals surface area contributed by atoms with Crippen LogP contribution in [0.25, 0.3) is 0 Å². The lowest BCUT2D eigenvalue weighted by molar-refractivity contribution is 0.354. The van der Waals surface area contributed by atoms with E-state index in [1.807, 2.05) is 0 Å². The van der Waals surface area contributed by atoms with Crippen molar-refractivity contribution in [1.29, 1.82) is 5.26 Å². The Morgan fingerprint density at radius 2 is 1.77 bits per heavy atom. The summed E-state index contributed by atoms with van der Waals surface area (Å²) in [5.74, 6) is 1.23. The Balaban J connectivity index is 3.28. The summed E-state index contributed by atoms with van der Waals surface area (Å²) in [4.78, 5) is 0. The summed E-state index contributed by atoms with van der Waals surface area (Å²) < 4.78 is 11.0. The molecule has 1 aromatic carbocycles. The van der Waals surface area contributed by atoms with E-state index in [4.69, 9.17) is 14.7 Å². The van der Waals surface area contributed by atoms with Gasteiger partial charge in [-0.3, -0.25) is 0 Å². The molecular weight excluding hydrogens is 281 g/mol. The van der Waals surface area contributed by atoms with Crippen LogP contribution >= 0.6 is 22.6 Å². The number of hydrogen-bond donors (Lipinski definition) is 0. The van der Waals surface area contributed by atoms with E-state index in [2.05, 4.69) is 28.7 Å². The highest BCUT2D eigenvalue weighted by Gasteiger charge is 2.08. The normalized spacial score (nSPS) is 9.08. The van der Waals surface area contributed by atoms with Gasteiger partial charge in [0.1, 0.15) is 6.07 Å². The summed E-state index contributed by atoms with van der Waals surface area (Å²) in [5, 5.41) is 8.75. The van der Waals surface area contributed by atoms with Crippen molar-refractivity contribution < 1.29 is 9.47 Å². The van der Waals surface area contributed by atoms with Crippen molar-refractivity contribution in [2.45, 2.75) is 0 Å². The highest BCUT2D eigenvalue weighted by Crippen LogP contribution is 2.30. The van der Waals surface area contributed by atoms with Gasteiger partial charge >= 0.3 is 0 Å². The molecule has 68 valence electrons. The second-order valence-electron chi connectivity index (χ2n) is 2.30. The zero-order valence-electron chi connectivity index (χ0n) is 7.30. The number of ether oxygens (including phenoxy) is 2. The number of benzene rings is 1. The summed E-state index contributed by atoms with van der Waals surface area (Å²) in [6, 6.07) is 5.52. The maximum Gasteiger partial charge on any atom is 0.162 e. The van der Waals surface area contributed by atoms with E-state index in [1.54, 1.807) is 26.4 Å². The molecule has 0 fully saturated rings. The average molecular weight is 289 g/mol. The number of hydrogen-bond acceptors (Lipinski definition) is 3. The van der Waals surface area contributed by atoms with E-state index >= 15 is 0 Å². The van der Waals surface area contributed by atoms with Crippen LogP contribution in [0.5, 0.6) is 11.5 Å². The molecule has 0 aliphatic rings. The largest absolute Gasteiger partial charge is 0.493 e. The fourth-order valence-electron chi connectivity index (χ4n) is 0.940. The number of rotatable bonds is 2. The topological polar surface area (TPSA) is 42.2 Å². The van der Waals surface area contributed by atoms with Crippen molar-refractivity contribution in [2.24, 2.45) is 0 Å². The predicted octanol–water partition coefficient (Wildman–Crippen LogP) is 2.18. The second kappa shape index (κ2) is 4.33. The quantitative estimate of drug-likeness (QED) is 0.784. The Hall–Kier alpha value is -0.960.